The van der Waals surface area contributed by atoms with Crippen LogP contribution in [0.5, 0.6) is 5.75 Å². The first-order valence-corrected chi connectivity index (χ1v) is 6.46. The lowest BCUT2D eigenvalue weighted by molar-refractivity contribution is 0.233. The zero-order chi connectivity index (χ0) is 13.5. The number of benzene rings is 2. The van der Waals surface area contributed by atoms with Crippen LogP contribution in [-0.4, -0.2) is 18.3 Å². The molecule has 0 aliphatic carbocycles. The van der Waals surface area contributed by atoms with Gasteiger partial charge in [0.15, 0.2) is 0 Å². The Balaban J connectivity index is 2.04. The smallest absolute Gasteiger partial charge is 0.119 e. The van der Waals surface area contributed by atoms with E-state index >= 15 is 0 Å². The molecule has 3 nitrogen and oxygen atoms in total. The molecule has 0 amide bonds. The van der Waals surface area contributed by atoms with Gasteiger partial charge < -0.3 is 15.6 Å². The normalized spacial score (nSPS) is 10.4. The van der Waals surface area contributed by atoms with Gasteiger partial charge in [-0.15, -0.1) is 0 Å². The summed E-state index contributed by atoms with van der Waals surface area (Å²) in [6, 6.07) is 16.2. The van der Waals surface area contributed by atoms with Crippen molar-refractivity contribution in [1.82, 2.24) is 0 Å². The van der Waals surface area contributed by atoms with E-state index in [1.807, 2.05) is 36.4 Å². The fourth-order valence-corrected chi connectivity index (χ4v) is 1.83. The maximum atomic E-state index is 8.69. The summed E-state index contributed by atoms with van der Waals surface area (Å²) in [7, 11) is 0. The Hall–Kier alpha value is -1.84. The van der Waals surface area contributed by atoms with Gasteiger partial charge in [0.2, 0.25) is 0 Å². The Morgan fingerprint density at radius 2 is 1.47 bits per heavy atom. The van der Waals surface area contributed by atoms with Crippen molar-refractivity contribution in [3.63, 3.8) is 0 Å². The van der Waals surface area contributed by atoms with Gasteiger partial charge in [-0.25, -0.2) is 0 Å². The lowest BCUT2D eigenvalue weighted by Crippen LogP contribution is -1.99. The Morgan fingerprint density at radius 3 is 2.00 bits per heavy atom. The van der Waals surface area contributed by atoms with E-state index in [4.69, 9.17) is 15.6 Å². The van der Waals surface area contributed by atoms with Crippen LogP contribution in [0.25, 0.3) is 11.1 Å². The van der Waals surface area contributed by atoms with Crippen LogP contribution in [0.3, 0.4) is 0 Å². The minimum Gasteiger partial charge on any atom is -0.494 e. The highest BCUT2D eigenvalue weighted by molar-refractivity contribution is 5.64. The van der Waals surface area contributed by atoms with Crippen LogP contribution in [0.15, 0.2) is 48.5 Å². The predicted molar refractivity (Wildman–Crippen MR) is 77.0 cm³/mol. The van der Waals surface area contributed by atoms with Gasteiger partial charge in [0.05, 0.1) is 6.61 Å². The molecule has 2 rings (SSSR count). The molecule has 100 valence electrons. The Kier molecular flexibility index (Phi) is 4.95. The molecule has 0 aliphatic rings. The Labute approximate surface area is 113 Å². The number of nitrogens with two attached hydrogens (primary N) is 1. The average molecular weight is 257 g/mol. The fraction of sp³-hybridized carbons (Fsp3) is 0.250. The van der Waals surface area contributed by atoms with Crippen molar-refractivity contribution in [2.45, 2.75) is 13.0 Å². The van der Waals surface area contributed by atoms with Crippen molar-refractivity contribution < 1.29 is 9.84 Å². The van der Waals surface area contributed by atoms with Gasteiger partial charge in [0.25, 0.3) is 0 Å². The summed E-state index contributed by atoms with van der Waals surface area (Å²) in [5, 5.41) is 8.69. The lowest BCUT2D eigenvalue weighted by atomic mass is 10.0. The maximum absolute atomic E-state index is 8.69. The third-order valence-electron chi connectivity index (χ3n) is 2.95. The first kappa shape index (κ1) is 13.6. The number of rotatable bonds is 6. The van der Waals surface area contributed by atoms with E-state index in [0.29, 0.717) is 19.6 Å². The standard InChI is InChI=1S/C16H19NO2/c17-12-13-2-4-14(5-3-13)15-6-8-16(9-7-15)19-11-1-10-18/h2-9,18H,1,10-12,17H2. The van der Waals surface area contributed by atoms with Crippen LogP contribution >= 0.6 is 0 Å². The summed E-state index contributed by atoms with van der Waals surface area (Å²) in [6.45, 7) is 1.27. The van der Waals surface area contributed by atoms with E-state index in [2.05, 4.69) is 12.1 Å². The molecular formula is C16H19NO2. The van der Waals surface area contributed by atoms with Crippen LogP contribution in [0.2, 0.25) is 0 Å². The second-order valence-corrected chi connectivity index (χ2v) is 4.35. The summed E-state index contributed by atoms with van der Waals surface area (Å²) in [6.07, 6.45) is 0.655. The van der Waals surface area contributed by atoms with E-state index in [0.717, 1.165) is 16.9 Å². The van der Waals surface area contributed by atoms with Gasteiger partial charge in [-0.05, 0) is 28.8 Å². The van der Waals surface area contributed by atoms with E-state index in [9.17, 15) is 0 Å². The summed E-state index contributed by atoms with van der Waals surface area (Å²) >= 11 is 0. The summed E-state index contributed by atoms with van der Waals surface area (Å²) in [5.41, 5.74) is 9.03. The fourth-order valence-electron chi connectivity index (χ4n) is 1.83. The van der Waals surface area contributed by atoms with Gasteiger partial charge in [-0.1, -0.05) is 36.4 Å². The molecular weight excluding hydrogens is 238 g/mol. The van der Waals surface area contributed by atoms with Crippen LogP contribution in [0.1, 0.15) is 12.0 Å². The third-order valence-corrected chi connectivity index (χ3v) is 2.95. The molecule has 0 spiro atoms. The van der Waals surface area contributed by atoms with Crippen molar-refractivity contribution in [3.05, 3.63) is 54.1 Å². The molecule has 0 bridgehead atoms. The van der Waals surface area contributed by atoms with Gasteiger partial charge in [0.1, 0.15) is 5.75 Å². The highest BCUT2D eigenvalue weighted by Crippen LogP contribution is 2.22. The molecule has 0 radical (unpaired) electrons. The van der Waals surface area contributed by atoms with Crippen molar-refractivity contribution in [1.29, 1.82) is 0 Å². The predicted octanol–water partition coefficient (Wildman–Crippen LogP) is 2.57. The summed E-state index contributed by atoms with van der Waals surface area (Å²) in [4.78, 5) is 0. The molecule has 0 heterocycles. The first-order chi connectivity index (χ1) is 9.33. The molecule has 0 atom stereocenters. The highest BCUT2D eigenvalue weighted by Gasteiger charge is 1.99. The molecule has 0 saturated heterocycles. The third kappa shape index (κ3) is 3.81. The molecule has 3 N–H and O–H groups in total. The second-order valence-electron chi connectivity index (χ2n) is 4.35. The van der Waals surface area contributed by atoms with Crippen LogP contribution in [0.4, 0.5) is 0 Å². The van der Waals surface area contributed by atoms with Gasteiger partial charge in [0, 0.05) is 19.6 Å². The average Bonchev–Trinajstić information content (AvgIpc) is 2.48. The monoisotopic (exact) mass is 257 g/mol. The molecule has 0 saturated carbocycles. The van der Waals surface area contributed by atoms with Gasteiger partial charge in [-0.3, -0.25) is 0 Å². The molecule has 3 heteroatoms. The highest BCUT2D eigenvalue weighted by atomic mass is 16.5. The van der Waals surface area contributed by atoms with E-state index in [-0.39, 0.29) is 6.61 Å². The minimum atomic E-state index is 0.158. The van der Waals surface area contributed by atoms with Gasteiger partial charge >= 0.3 is 0 Å². The molecule has 2 aromatic rings. The lowest BCUT2D eigenvalue weighted by Gasteiger charge is -2.07. The number of hydrogen-bond acceptors (Lipinski definition) is 3. The quantitative estimate of drug-likeness (QED) is 0.782. The maximum Gasteiger partial charge on any atom is 0.119 e. The molecule has 0 aliphatic heterocycles. The number of ether oxygens (including phenoxy) is 1. The topological polar surface area (TPSA) is 55.5 Å². The van der Waals surface area contributed by atoms with Crippen LogP contribution < -0.4 is 10.5 Å². The molecule has 19 heavy (non-hydrogen) atoms. The zero-order valence-electron chi connectivity index (χ0n) is 10.9. The molecule has 0 fully saturated rings. The van der Waals surface area contributed by atoms with Crippen molar-refractivity contribution >= 4 is 0 Å². The zero-order valence-corrected chi connectivity index (χ0v) is 10.9. The molecule has 2 aromatic carbocycles. The summed E-state index contributed by atoms with van der Waals surface area (Å²) < 4.78 is 5.50. The Morgan fingerprint density at radius 1 is 0.895 bits per heavy atom. The van der Waals surface area contributed by atoms with Crippen molar-refractivity contribution in [3.8, 4) is 16.9 Å². The second kappa shape index (κ2) is 6.92. The van der Waals surface area contributed by atoms with Crippen LogP contribution in [0, 0.1) is 0 Å². The minimum absolute atomic E-state index is 0.158. The van der Waals surface area contributed by atoms with Crippen molar-refractivity contribution in [2.24, 2.45) is 5.73 Å². The SMILES string of the molecule is NCc1ccc(-c2ccc(OCCCO)cc2)cc1. The largest absolute Gasteiger partial charge is 0.494 e. The number of aliphatic hydroxyl groups is 1. The van der Waals surface area contributed by atoms with Crippen molar-refractivity contribution in [2.75, 3.05) is 13.2 Å². The number of hydrogen-bond donors (Lipinski definition) is 2. The Bertz CT molecular complexity index is 491. The molecule has 0 unspecified atom stereocenters. The molecule has 0 aromatic heterocycles. The number of aliphatic hydroxyl groups excluding tert-OH is 1. The van der Waals surface area contributed by atoms with Crippen LogP contribution in [-0.2, 0) is 6.54 Å². The van der Waals surface area contributed by atoms with Gasteiger partial charge in [-0.2, -0.15) is 0 Å². The van der Waals surface area contributed by atoms with E-state index in [1.54, 1.807) is 0 Å². The first-order valence-electron chi connectivity index (χ1n) is 6.46. The van der Waals surface area contributed by atoms with E-state index < -0.39 is 0 Å². The summed E-state index contributed by atoms with van der Waals surface area (Å²) in [5.74, 6) is 0.829. The van der Waals surface area contributed by atoms with E-state index in [1.165, 1.54) is 5.56 Å².